The number of hydrogen-bond donors (Lipinski definition) is 3. The molecule has 2 heterocycles. The standard InChI is InChI=1S/C22H19FN4O3S/c23-14-7-4-8-15(11-14)24-20(29)16-12-17(28)25-19-18(16)21(30)27-22(26-19)31-10-9-13-5-2-1-3-6-13/h1-8,11,16H,9-10,12H2,(H,24,29)(H2,25,26,27,28,30). The maximum absolute atomic E-state index is 13.4. The Labute approximate surface area is 181 Å². The Morgan fingerprint density at radius 1 is 1.16 bits per heavy atom. The summed E-state index contributed by atoms with van der Waals surface area (Å²) >= 11 is 1.36. The van der Waals surface area contributed by atoms with Crippen molar-refractivity contribution in [2.75, 3.05) is 16.4 Å². The van der Waals surface area contributed by atoms with Gasteiger partial charge in [-0.25, -0.2) is 9.37 Å². The average Bonchev–Trinajstić information content (AvgIpc) is 2.73. The Bertz CT molecular complexity index is 1180. The van der Waals surface area contributed by atoms with Crippen molar-refractivity contribution >= 4 is 35.1 Å². The molecule has 31 heavy (non-hydrogen) atoms. The van der Waals surface area contributed by atoms with Gasteiger partial charge in [0.1, 0.15) is 11.6 Å². The summed E-state index contributed by atoms with van der Waals surface area (Å²) in [6.45, 7) is 0. The van der Waals surface area contributed by atoms with E-state index < -0.39 is 29.1 Å². The van der Waals surface area contributed by atoms with Crippen molar-refractivity contribution in [3.63, 3.8) is 0 Å². The van der Waals surface area contributed by atoms with Gasteiger partial charge >= 0.3 is 0 Å². The fourth-order valence-electron chi connectivity index (χ4n) is 3.35. The predicted octanol–water partition coefficient (Wildman–Crippen LogP) is 3.31. The molecule has 4 rings (SSSR count). The van der Waals surface area contributed by atoms with Gasteiger partial charge in [0.15, 0.2) is 5.16 Å². The van der Waals surface area contributed by atoms with Crippen LogP contribution >= 0.6 is 11.8 Å². The molecule has 1 aliphatic heterocycles. The second-order valence-electron chi connectivity index (χ2n) is 7.02. The number of aryl methyl sites for hydroxylation is 1. The number of halogens is 1. The minimum Gasteiger partial charge on any atom is -0.325 e. The molecule has 0 aliphatic carbocycles. The van der Waals surface area contributed by atoms with Gasteiger partial charge in [0.25, 0.3) is 5.56 Å². The predicted molar refractivity (Wildman–Crippen MR) is 117 cm³/mol. The van der Waals surface area contributed by atoms with Crippen LogP contribution in [0, 0.1) is 5.82 Å². The third kappa shape index (κ3) is 5.00. The van der Waals surface area contributed by atoms with Crippen LogP contribution < -0.4 is 16.2 Å². The number of fused-ring (bicyclic) bond motifs is 1. The molecule has 7 nitrogen and oxygen atoms in total. The zero-order chi connectivity index (χ0) is 21.8. The van der Waals surface area contributed by atoms with Crippen molar-refractivity contribution in [2.24, 2.45) is 0 Å². The molecule has 3 aromatic rings. The number of nitrogens with zero attached hydrogens (tertiary/aromatic N) is 1. The molecule has 0 saturated carbocycles. The van der Waals surface area contributed by atoms with Crippen LogP contribution in [0.15, 0.2) is 64.5 Å². The fraction of sp³-hybridized carbons (Fsp3) is 0.182. The second kappa shape index (κ2) is 9.13. The first kappa shape index (κ1) is 20.8. The number of H-pyrrole nitrogens is 1. The van der Waals surface area contributed by atoms with E-state index in [1.807, 2.05) is 30.3 Å². The number of carbonyl (C=O) groups excluding carboxylic acids is 2. The van der Waals surface area contributed by atoms with Gasteiger partial charge in [-0.15, -0.1) is 0 Å². The molecule has 1 aliphatic rings. The first-order valence-corrected chi connectivity index (χ1v) is 10.7. The smallest absolute Gasteiger partial charge is 0.257 e. The van der Waals surface area contributed by atoms with E-state index >= 15 is 0 Å². The van der Waals surface area contributed by atoms with Crippen LogP contribution in [0.3, 0.4) is 0 Å². The molecule has 3 N–H and O–H groups in total. The molecule has 0 spiro atoms. The van der Waals surface area contributed by atoms with Gasteiger partial charge < -0.3 is 15.6 Å². The summed E-state index contributed by atoms with van der Waals surface area (Å²) in [5.41, 5.74) is 1.03. The Morgan fingerprint density at radius 3 is 2.74 bits per heavy atom. The molecule has 1 unspecified atom stereocenters. The number of carbonyl (C=O) groups is 2. The van der Waals surface area contributed by atoms with Crippen LogP contribution in [-0.4, -0.2) is 27.5 Å². The molecule has 9 heteroatoms. The molecule has 1 aromatic heterocycles. The highest BCUT2D eigenvalue weighted by Gasteiger charge is 2.34. The van der Waals surface area contributed by atoms with E-state index in [9.17, 15) is 18.8 Å². The van der Waals surface area contributed by atoms with E-state index in [4.69, 9.17) is 0 Å². The molecule has 1 atom stereocenters. The maximum Gasteiger partial charge on any atom is 0.257 e. The molecular weight excluding hydrogens is 419 g/mol. The number of aromatic amines is 1. The number of amides is 2. The molecule has 0 fully saturated rings. The number of aromatic nitrogens is 2. The Balaban J connectivity index is 1.52. The minimum absolute atomic E-state index is 0.0848. The van der Waals surface area contributed by atoms with E-state index in [2.05, 4.69) is 20.6 Å². The lowest BCUT2D eigenvalue weighted by molar-refractivity contribution is -0.123. The molecule has 158 valence electrons. The van der Waals surface area contributed by atoms with Crippen LogP contribution in [0.4, 0.5) is 15.9 Å². The summed E-state index contributed by atoms with van der Waals surface area (Å²) < 4.78 is 13.4. The molecule has 2 aromatic carbocycles. The monoisotopic (exact) mass is 438 g/mol. The number of thioether (sulfide) groups is 1. The van der Waals surface area contributed by atoms with Gasteiger partial charge in [-0.05, 0) is 30.2 Å². The van der Waals surface area contributed by atoms with Crippen LogP contribution in [0.1, 0.15) is 23.5 Å². The summed E-state index contributed by atoms with van der Waals surface area (Å²) in [4.78, 5) is 44.7. The Morgan fingerprint density at radius 2 is 1.97 bits per heavy atom. The number of benzene rings is 2. The van der Waals surface area contributed by atoms with Crippen molar-refractivity contribution in [1.29, 1.82) is 0 Å². The Kier molecular flexibility index (Phi) is 6.13. The number of anilines is 2. The largest absolute Gasteiger partial charge is 0.325 e. The van der Waals surface area contributed by atoms with E-state index in [1.54, 1.807) is 0 Å². The highest BCUT2D eigenvalue weighted by molar-refractivity contribution is 7.99. The SMILES string of the molecule is O=C1CC(C(=O)Nc2cccc(F)c2)c2c(nc(SCCc3ccccc3)[nH]c2=O)N1. The van der Waals surface area contributed by atoms with Gasteiger partial charge in [0, 0.05) is 17.9 Å². The number of nitrogens with one attached hydrogen (secondary N) is 3. The first-order valence-electron chi connectivity index (χ1n) is 9.67. The molecule has 0 radical (unpaired) electrons. The van der Waals surface area contributed by atoms with Crippen molar-refractivity contribution in [3.8, 4) is 0 Å². The third-order valence-electron chi connectivity index (χ3n) is 4.81. The minimum atomic E-state index is -1.02. The number of hydrogen-bond acceptors (Lipinski definition) is 5. The highest BCUT2D eigenvalue weighted by atomic mass is 32.2. The lowest BCUT2D eigenvalue weighted by Crippen LogP contribution is -2.36. The molecule has 2 amide bonds. The van der Waals surface area contributed by atoms with Crippen molar-refractivity contribution < 1.29 is 14.0 Å². The van der Waals surface area contributed by atoms with Crippen molar-refractivity contribution in [1.82, 2.24) is 9.97 Å². The zero-order valence-corrected chi connectivity index (χ0v) is 17.2. The summed E-state index contributed by atoms with van der Waals surface area (Å²) in [5.74, 6) is -1.74. The molecule has 0 saturated heterocycles. The lowest BCUT2D eigenvalue weighted by Gasteiger charge is -2.23. The van der Waals surface area contributed by atoms with E-state index in [0.717, 1.165) is 18.1 Å². The molecular formula is C22H19FN4O3S. The fourth-order valence-corrected chi connectivity index (χ4v) is 4.20. The summed E-state index contributed by atoms with van der Waals surface area (Å²) in [5, 5.41) is 5.51. The summed E-state index contributed by atoms with van der Waals surface area (Å²) in [6, 6.07) is 15.3. The topological polar surface area (TPSA) is 104 Å². The zero-order valence-electron chi connectivity index (χ0n) is 16.4. The van der Waals surface area contributed by atoms with Crippen LogP contribution in [-0.2, 0) is 16.0 Å². The average molecular weight is 438 g/mol. The van der Waals surface area contributed by atoms with Gasteiger partial charge in [-0.2, -0.15) is 0 Å². The van der Waals surface area contributed by atoms with E-state index in [1.165, 1.54) is 30.0 Å². The van der Waals surface area contributed by atoms with Gasteiger partial charge in [0.2, 0.25) is 11.8 Å². The summed E-state index contributed by atoms with van der Waals surface area (Å²) in [7, 11) is 0. The third-order valence-corrected chi connectivity index (χ3v) is 5.69. The van der Waals surface area contributed by atoms with Crippen LogP contribution in [0.25, 0.3) is 0 Å². The lowest BCUT2D eigenvalue weighted by atomic mass is 9.92. The van der Waals surface area contributed by atoms with Crippen LogP contribution in [0.2, 0.25) is 0 Å². The van der Waals surface area contributed by atoms with Gasteiger partial charge in [-0.3, -0.25) is 14.4 Å². The van der Waals surface area contributed by atoms with E-state index in [-0.39, 0.29) is 23.5 Å². The van der Waals surface area contributed by atoms with Crippen molar-refractivity contribution in [2.45, 2.75) is 23.9 Å². The quantitative estimate of drug-likeness (QED) is 0.405. The van der Waals surface area contributed by atoms with E-state index in [0.29, 0.717) is 10.9 Å². The normalized spacial score (nSPS) is 15.1. The van der Waals surface area contributed by atoms with Gasteiger partial charge in [-0.1, -0.05) is 48.2 Å². The Hall–Kier alpha value is -3.46. The maximum atomic E-state index is 13.4. The summed E-state index contributed by atoms with van der Waals surface area (Å²) in [6.07, 6.45) is 0.594. The highest BCUT2D eigenvalue weighted by Crippen LogP contribution is 2.30. The number of rotatable bonds is 6. The van der Waals surface area contributed by atoms with Crippen LogP contribution in [0.5, 0.6) is 0 Å². The first-order chi connectivity index (χ1) is 15.0. The second-order valence-corrected chi connectivity index (χ2v) is 8.11. The molecule has 0 bridgehead atoms. The van der Waals surface area contributed by atoms with Gasteiger partial charge in [0.05, 0.1) is 11.5 Å². The van der Waals surface area contributed by atoms with Crippen molar-refractivity contribution in [3.05, 3.63) is 81.9 Å².